The Morgan fingerprint density at radius 2 is 1.71 bits per heavy atom. The van der Waals surface area contributed by atoms with Crippen molar-refractivity contribution in [3.8, 4) is 0 Å². The number of likely N-dealkylation sites (tertiary alicyclic amines) is 1. The summed E-state index contributed by atoms with van der Waals surface area (Å²) in [5.74, 6) is -0.334. The Balaban J connectivity index is 1.53. The van der Waals surface area contributed by atoms with Gasteiger partial charge in [0.05, 0.1) is 12.5 Å². The molecule has 0 spiro atoms. The van der Waals surface area contributed by atoms with E-state index >= 15 is 0 Å². The number of rotatable bonds is 7. The molecule has 2 aromatic rings. The molecule has 1 unspecified atom stereocenters. The smallest absolute Gasteiger partial charge is 0.307 e. The number of hydrogen-bond acceptors (Lipinski definition) is 3. The largest absolute Gasteiger partial charge is 0.481 e. The second kappa shape index (κ2) is 9.51. The number of para-hydroxylation sites is 1. The third kappa shape index (κ3) is 5.42. The summed E-state index contributed by atoms with van der Waals surface area (Å²) in [5, 5.41) is 12.0. The zero-order chi connectivity index (χ0) is 19.9. The molecule has 0 aliphatic carbocycles. The Morgan fingerprint density at radius 1 is 1.07 bits per heavy atom. The van der Waals surface area contributed by atoms with Gasteiger partial charge in [0.15, 0.2) is 0 Å². The first kappa shape index (κ1) is 20.1. The van der Waals surface area contributed by atoms with E-state index in [0.717, 1.165) is 32.4 Å². The van der Waals surface area contributed by atoms with Crippen LogP contribution in [0.25, 0.3) is 0 Å². The maximum Gasteiger partial charge on any atom is 0.307 e. The van der Waals surface area contributed by atoms with E-state index in [4.69, 9.17) is 5.11 Å². The molecule has 1 saturated heterocycles. The number of carboxylic acids is 1. The van der Waals surface area contributed by atoms with Crippen LogP contribution >= 0.6 is 0 Å². The molecule has 0 saturated carbocycles. The van der Waals surface area contributed by atoms with E-state index in [9.17, 15) is 9.59 Å². The van der Waals surface area contributed by atoms with E-state index in [1.807, 2.05) is 13.0 Å². The first-order chi connectivity index (χ1) is 13.5. The summed E-state index contributed by atoms with van der Waals surface area (Å²) in [4.78, 5) is 26.0. The highest BCUT2D eigenvalue weighted by Gasteiger charge is 2.27. The molecule has 5 heteroatoms. The normalized spacial score (nSPS) is 16.5. The van der Waals surface area contributed by atoms with E-state index in [1.165, 1.54) is 5.56 Å². The lowest BCUT2D eigenvalue weighted by Crippen LogP contribution is -2.46. The lowest BCUT2D eigenvalue weighted by Gasteiger charge is -2.35. The predicted octanol–water partition coefficient (Wildman–Crippen LogP) is 3.60. The van der Waals surface area contributed by atoms with Gasteiger partial charge in [0, 0.05) is 5.69 Å². The molecule has 148 valence electrons. The number of benzene rings is 2. The van der Waals surface area contributed by atoms with Crippen molar-refractivity contribution in [1.29, 1.82) is 0 Å². The molecule has 3 rings (SSSR count). The highest BCUT2D eigenvalue weighted by molar-refractivity contribution is 5.95. The highest BCUT2D eigenvalue weighted by Crippen LogP contribution is 2.24. The summed E-state index contributed by atoms with van der Waals surface area (Å²) in [5.41, 5.74) is 2.58. The fraction of sp³-hybridized carbons (Fsp3) is 0.391. The van der Waals surface area contributed by atoms with Gasteiger partial charge in [0.25, 0.3) is 0 Å². The summed E-state index contributed by atoms with van der Waals surface area (Å²) in [6.07, 6.45) is 3.16. The highest BCUT2D eigenvalue weighted by atomic mass is 16.4. The molecular formula is C23H28N2O3. The van der Waals surface area contributed by atoms with Crippen LogP contribution in [0.1, 0.15) is 30.9 Å². The van der Waals surface area contributed by atoms with Crippen LogP contribution in [-0.4, -0.2) is 41.0 Å². The predicted molar refractivity (Wildman–Crippen MR) is 110 cm³/mol. The van der Waals surface area contributed by atoms with Gasteiger partial charge < -0.3 is 10.4 Å². The number of carbonyl (C=O) groups excluding carboxylic acids is 1. The zero-order valence-electron chi connectivity index (χ0n) is 16.3. The number of carboxylic acid groups (broad SMARTS) is 1. The number of amides is 1. The molecule has 28 heavy (non-hydrogen) atoms. The van der Waals surface area contributed by atoms with E-state index in [1.54, 1.807) is 24.3 Å². The third-order valence-corrected chi connectivity index (χ3v) is 5.56. The van der Waals surface area contributed by atoms with Gasteiger partial charge in [-0.05, 0) is 62.4 Å². The van der Waals surface area contributed by atoms with Gasteiger partial charge >= 0.3 is 5.97 Å². The number of hydrogen-bond donors (Lipinski definition) is 2. The Bertz CT molecular complexity index is 799. The van der Waals surface area contributed by atoms with Crippen LogP contribution in [-0.2, 0) is 22.4 Å². The molecule has 5 nitrogen and oxygen atoms in total. The Hall–Kier alpha value is -2.66. The van der Waals surface area contributed by atoms with Crippen molar-refractivity contribution in [2.24, 2.45) is 5.92 Å². The maximum absolute atomic E-state index is 12.7. The minimum Gasteiger partial charge on any atom is -0.481 e. The first-order valence-corrected chi connectivity index (χ1v) is 9.91. The topological polar surface area (TPSA) is 69.6 Å². The van der Waals surface area contributed by atoms with E-state index in [-0.39, 0.29) is 18.4 Å². The number of aliphatic carboxylic acids is 1. The van der Waals surface area contributed by atoms with Crippen LogP contribution in [0, 0.1) is 5.92 Å². The molecule has 1 aliphatic heterocycles. The fourth-order valence-electron chi connectivity index (χ4n) is 3.85. The van der Waals surface area contributed by atoms with Gasteiger partial charge in [-0.25, -0.2) is 0 Å². The van der Waals surface area contributed by atoms with Gasteiger partial charge in [0.2, 0.25) is 5.91 Å². The summed E-state index contributed by atoms with van der Waals surface area (Å²) in [7, 11) is 0. The van der Waals surface area contributed by atoms with Crippen molar-refractivity contribution in [2.75, 3.05) is 18.4 Å². The van der Waals surface area contributed by atoms with E-state index in [0.29, 0.717) is 17.2 Å². The van der Waals surface area contributed by atoms with Gasteiger partial charge in [-0.3, -0.25) is 14.5 Å². The van der Waals surface area contributed by atoms with Crippen molar-refractivity contribution in [3.05, 3.63) is 65.7 Å². The van der Waals surface area contributed by atoms with Crippen molar-refractivity contribution < 1.29 is 14.7 Å². The van der Waals surface area contributed by atoms with Gasteiger partial charge in [-0.15, -0.1) is 0 Å². The average Bonchev–Trinajstić information content (AvgIpc) is 2.70. The number of anilines is 1. The molecule has 2 N–H and O–H groups in total. The Kier molecular flexibility index (Phi) is 6.82. The average molecular weight is 380 g/mol. The van der Waals surface area contributed by atoms with Crippen LogP contribution in [0.15, 0.2) is 54.6 Å². The number of nitrogens with one attached hydrogen (secondary N) is 1. The summed E-state index contributed by atoms with van der Waals surface area (Å²) in [6.45, 7) is 3.73. The molecule has 1 atom stereocenters. The van der Waals surface area contributed by atoms with Gasteiger partial charge in [-0.1, -0.05) is 48.5 Å². The summed E-state index contributed by atoms with van der Waals surface area (Å²) in [6, 6.07) is 17.4. The summed E-state index contributed by atoms with van der Waals surface area (Å²) < 4.78 is 0. The Morgan fingerprint density at radius 3 is 2.39 bits per heavy atom. The van der Waals surface area contributed by atoms with Crippen molar-refractivity contribution in [3.63, 3.8) is 0 Å². The van der Waals surface area contributed by atoms with Crippen molar-refractivity contribution >= 4 is 17.6 Å². The molecule has 0 bridgehead atoms. The van der Waals surface area contributed by atoms with Crippen LogP contribution < -0.4 is 5.32 Å². The second-order valence-corrected chi connectivity index (χ2v) is 7.56. The van der Waals surface area contributed by atoms with Crippen molar-refractivity contribution in [1.82, 2.24) is 4.90 Å². The molecular weight excluding hydrogens is 352 g/mol. The van der Waals surface area contributed by atoms with Crippen LogP contribution in [0.3, 0.4) is 0 Å². The molecule has 0 radical (unpaired) electrons. The van der Waals surface area contributed by atoms with Crippen LogP contribution in [0.2, 0.25) is 0 Å². The standard InChI is InChI=1S/C23H28N2O3/c1-17(23(28)24-21-10-6-5-9-20(21)16-22(26)27)25-13-11-19(12-14-25)15-18-7-3-2-4-8-18/h2-10,17,19H,11-16H2,1H3,(H,24,28)(H,26,27). The zero-order valence-corrected chi connectivity index (χ0v) is 16.3. The molecule has 2 aromatic carbocycles. The van der Waals surface area contributed by atoms with Crippen LogP contribution in [0.5, 0.6) is 0 Å². The molecule has 1 heterocycles. The monoisotopic (exact) mass is 380 g/mol. The second-order valence-electron chi connectivity index (χ2n) is 7.56. The summed E-state index contributed by atoms with van der Waals surface area (Å²) >= 11 is 0. The fourth-order valence-corrected chi connectivity index (χ4v) is 3.85. The van der Waals surface area contributed by atoms with E-state index in [2.05, 4.69) is 34.5 Å². The first-order valence-electron chi connectivity index (χ1n) is 9.91. The molecule has 1 fully saturated rings. The van der Waals surface area contributed by atoms with Crippen molar-refractivity contribution in [2.45, 2.75) is 38.6 Å². The lowest BCUT2D eigenvalue weighted by molar-refractivity contribution is -0.136. The quantitative estimate of drug-likeness (QED) is 0.770. The SMILES string of the molecule is CC(C(=O)Nc1ccccc1CC(=O)O)N1CCC(Cc2ccccc2)CC1. The number of piperidine rings is 1. The van der Waals surface area contributed by atoms with E-state index < -0.39 is 5.97 Å². The minimum atomic E-state index is -0.907. The third-order valence-electron chi connectivity index (χ3n) is 5.56. The van der Waals surface area contributed by atoms with Gasteiger partial charge in [-0.2, -0.15) is 0 Å². The number of carbonyl (C=O) groups is 2. The lowest BCUT2D eigenvalue weighted by atomic mass is 9.89. The van der Waals surface area contributed by atoms with Gasteiger partial charge in [0.1, 0.15) is 0 Å². The molecule has 0 aromatic heterocycles. The number of nitrogens with zero attached hydrogens (tertiary/aromatic N) is 1. The maximum atomic E-state index is 12.7. The molecule has 1 aliphatic rings. The van der Waals surface area contributed by atoms with Crippen LogP contribution in [0.4, 0.5) is 5.69 Å². The Labute approximate surface area is 166 Å². The molecule has 1 amide bonds. The minimum absolute atomic E-state index is 0.0839.